The Morgan fingerprint density at radius 2 is 1.86 bits per heavy atom. The molecule has 14 heavy (non-hydrogen) atoms. The molecule has 1 rings (SSSR count). The molecule has 0 amide bonds. The fourth-order valence-electron chi connectivity index (χ4n) is 2.01. The van der Waals surface area contributed by atoms with Crippen LogP contribution in [0.3, 0.4) is 0 Å². The van der Waals surface area contributed by atoms with E-state index in [1.165, 1.54) is 32.5 Å². The van der Waals surface area contributed by atoms with Crippen LogP contribution in [-0.2, 0) is 0 Å². The zero-order valence-electron chi connectivity index (χ0n) is 9.50. The number of hydrogen-bond acceptors (Lipinski definition) is 3. The van der Waals surface area contributed by atoms with E-state index in [4.69, 9.17) is 5.11 Å². The van der Waals surface area contributed by atoms with Gasteiger partial charge >= 0.3 is 0 Å². The van der Waals surface area contributed by atoms with Gasteiger partial charge in [0.2, 0.25) is 0 Å². The maximum Gasteiger partial charge on any atom is 0.0636 e. The molecule has 1 unspecified atom stereocenters. The van der Waals surface area contributed by atoms with Crippen LogP contribution in [0.2, 0.25) is 0 Å². The van der Waals surface area contributed by atoms with Gasteiger partial charge in [-0.25, -0.2) is 0 Å². The Morgan fingerprint density at radius 3 is 2.43 bits per heavy atom. The zero-order chi connectivity index (χ0) is 10.4. The fraction of sp³-hybridized carbons (Fsp3) is 1.00. The van der Waals surface area contributed by atoms with Crippen LogP contribution in [0, 0.1) is 5.92 Å². The van der Waals surface area contributed by atoms with E-state index in [-0.39, 0.29) is 6.10 Å². The number of aliphatic hydroxyl groups excluding tert-OH is 1. The third-order valence-corrected chi connectivity index (χ3v) is 2.70. The van der Waals surface area contributed by atoms with Crippen molar-refractivity contribution in [2.75, 3.05) is 32.7 Å². The van der Waals surface area contributed by atoms with Crippen molar-refractivity contribution in [2.24, 2.45) is 5.92 Å². The Kier molecular flexibility index (Phi) is 5.45. The van der Waals surface area contributed by atoms with Gasteiger partial charge in [0.1, 0.15) is 0 Å². The summed E-state index contributed by atoms with van der Waals surface area (Å²) in [5.74, 6) is 0.687. The number of nitrogens with zero attached hydrogens (tertiary/aromatic N) is 1. The molecule has 0 radical (unpaired) electrons. The predicted octanol–water partition coefficient (Wildman–Crippen LogP) is 0.689. The topological polar surface area (TPSA) is 35.5 Å². The summed E-state index contributed by atoms with van der Waals surface area (Å²) in [5.41, 5.74) is 0. The summed E-state index contributed by atoms with van der Waals surface area (Å²) in [6.07, 6.45) is 2.51. The number of rotatable bonds is 6. The third-order valence-electron chi connectivity index (χ3n) is 2.70. The molecule has 1 heterocycles. The summed E-state index contributed by atoms with van der Waals surface area (Å²) in [5, 5.41) is 12.4. The van der Waals surface area contributed by atoms with E-state index in [2.05, 4.69) is 17.1 Å². The molecule has 1 aliphatic heterocycles. The molecule has 0 saturated carbocycles. The number of nitrogens with one attached hydrogen (secondary N) is 1. The molecule has 3 heteroatoms. The Labute approximate surface area is 87.5 Å². The van der Waals surface area contributed by atoms with Crippen LogP contribution in [0.5, 0.6) is 0 Å². The van der Waals surface area contributed by atoms with Gasteiger partial charge in [0.15, 0.2) is 0 Å². The molecular weight excluding hydrogens is 176 g/mol. The van der Waals surface area contributed by atoms with E-state index in [0.717, 1.165) is 6.54 Å². The molecular formula is C11H24N2O. The van der Waals surface area contributed by atoms with Gasteiger partial charge < -0.3 is 15.3 Å². The molecule has 2 atom stereocenters. The molecule has 0 aromatic heterocycles. The van der Waals surface area contributed by atoms with Gasteiger partial charge in [-0.1, -0.05) is 6.92 Å². The van der Waals surface area contributed by atoms with E-state index in [9.17, 15) is 0 Å². The molecule has 0 aliphatic carbocycles. The highest BCUT2D eigenvalue weighted by molar-refractivity contribution is 4.70. The minimum atomic E-state index is -0.228. The lowest BCUT2D eigenvalue weighted by molar-refractivity contribution is 0.187. The summed E-state index contributed by atoms with van der Waals surface area (Å²) >= 11 is 0. The van der Waals surface area contributed by atoms with Crippen LogP contribution in [0.15, 0.2) is 0 Å². The van der Waals surface area contributed by atoms with Gasteiger partial charge in [-0.2, -0.15) is 0 Å². The lowest BCUT2D eigenvalue weighted by Gasteiger charge is -2.20. The van der Waals surface area contributed by atoms with E-state index in [0.29, 0.717) is 12.5 Å². The van der Waals surface area contributed by atoms with Gasteiger partial charge in [-0.3, -0.25) is 0 Å². The highest BCUT2D eigenvalue weighted by Gasteiger charge is 2.14. The van der Waals surface area contributed by atoms with Gasteiger partial charge in [0.05, 0.1) is 6.10 Å². The second kappa shape index (κ2) is 6.38. The van der Waals surface area contributed by atoms with Crippen LogP contribution >= 0.6 is 0 Å². The normalized spacial score (nSPS) is 22.5. The fourth-order valence-corrected chi connectivity index (χ4v) is 2.01. The smallest absolute Gasteiger partial charge is 0.0636 e. The monoisotopic (exact) mass is 200 g/mol. The largest absolute Gasteiger partial charge is 0.392 e. The molecule has 3 nitrogen and oxygen atoms in total. The van der Waals surface area contributed by atoms with Crippen molar-refractivity contribution < 1.29 is 5.11 Å². The lowest BCUT2D eigenvalue weighted by atomic mass is 10.1. The molecule has 0 bridgehead atoms. The molecule has 1 fully saturated rings. The first-order chi connectivity index (χ1) is 6.68. The number of hydrogen-bond donors (Lipinski definition) is 2. The van der Waals surface area contributed by atoms with Crippen LogP contribution in [-0.4, -0.2) is 48.8 Å². The van der Waals surface area contributed by atoms with E-state index >= 15 is 0 Å². The first-order valence-electron chi connectivity index (χ1n) is 5.79. The highest BCUT2D eigenvalue weighted by Crippen LogP contribution is 2.09. The standard InChI is InChI=1S/C11H24N2O/c1-10(7-12-8-11(2)14)9-13-5-3-4-6-13/h10-12,14H,3-9H2,1-2H3/t10?,11-/m1/s1. The molecule has 0 aromatic carbocycles. The van der Waals surface area contributed by atoms with Crippen molar-refractivity contribution >= 4 is 0 Å². The molecule has 1 saturated heterocycles. The lowest BCUT2D eigenvalue weighted by Crippen LogP contribution is -2.34. The maximum absolute atomic E-state index is 9.08. The SMILES string of the molecule is CC(CNC[C@@H](C)O)CN1CCCC1. The van der Waals surface area contributed by atoms with Crippen molar-refractivity contribution in [1.29, 1.82) is 0 Å². The first-order valence-corrected chi connectivity index (χ1v) is 5.79. The molecule has 2 N–H and O–H groups in total. The van der Waals surface area contributed by atoms with Crippen LogP contribution in [0.25, 0.3) is 0 Å². The summed E-state index contributed by atoms with van der Waals surface area (Å²) in [7, 11) is 0. The average molecular weight is 200 g/mol. The van der Waals surface area contributed by atoms with E-state index in [1.54, 1.807) is 0 Å². The van der Waals surface area contributed by atoms with Crippen LogP contribution in [0.4, 0.5) is 0 Å². The Morgan fingerprint density at radius 1 is 1.21 bits per heavy atom. The Balaban J connectivity index is 2.00. The molecule has 1 aliphatic rings. The summed E-state index contributed by atoms with van der Waals surface area (Å²) in [6.45, 7) is 9.57. The van der Waals surface area contributed by atoms with Gasteiger partial charge in [0, 0.05) is 13.1 Å². The molecule has 84 valence electrons. The molecule has 0 spiro atoms. The van der Waals surface area contributed by atoms with Gasteiger partial charge in [-0.05, 0) is 45.3 Å². The third kappa shape index (κ3) is 4.94. The quantitative estimate of drug-likeness (QED) is 0.662. The number of likely N-dealkylation sites (tertiary alicyclic amines) is 1. The van der Waals surface area contributed by atoms with E-state index < -0.39 is 0 Å². The molecule has 0 aromatic rings. The minimum absolute atomic E-state index is 0.228. The van der Waals surface area contributed by atoms with Crippen LogP contribution < -0.4 is 5.32 Å². The Bertz CT molecular complexity index is 144. The van der Waals surface area contributed by atoms with Crippen molar-refractivity contribution in [2.45, 2.75) is 32.8 Å². The Hall–Kier alpha value is -0.120. The second-order valence-corrected chi connectivity index (χ2v) is 4.62. The minimum Gasteiger partial charge on any atom is -0.392 e. The van der Waals surface area contributed by atoms with Crippen molar-refractivity contribution in [3.8, 4) is 0 Å². The number of aliphatic hydroxyl groups is 1. The van der Waals surface area contributed by atoms with E-state index in [1.807, 2.05) is 6.92 Å². The van der Waals surface area contributed by atoms with Gasteiger partial charge in [-0.15, -0.1) is 0 Å². The zero-order valence-corrected chi connectivity index (χ0v) is 9.50. The average Bonchev–Trinajstić information content (AvgIpc) is 2.56. The summed E-state index contributed by atoms with van der Waals surface area (Å²) in [6, 6.07) is 0. The first kappa shape index (κ1) is 12.0. The van der Waals surface area contributed by atoms with Crippen molar-refractivity contribution in [3.63, 3.8) is 0 Å². The maximum atomic E-state index is 9.08. The second-order valence-electron chi connectivity index (χ2n) is 4.62. The van der Waals surface area contributed by atoms with Gasteiger partial charge in [0.25, 0.3) is 0 Å². The summed E-state index contributed by atoms with van der Waals surface area (Å²) < 4.78 is 0. The van der Waals surface area contributed by atoms with Crippen LogP contribution in [0.1, 0.15) is 26.7 Å². The van der Waals surface area contributed by atoms with Crippen molar-refractivity contribution in [1.82, 2.24) is 10.2 Å². The summed E-state index contributed by atoms with van der Waals surface area (Å²) in [4.78, 5) is 2.54. The highest BCUT2D eigenvalue weighted by atomic mass is 16.3. The van der Waals surface area contributed by atoms with Crippen molar-refractivity contribution in [3.05, 3.63) is 0 Å². The predicted molar refractivity (Wildman–Crippen MR) is 59.4 cm³/mol.